The lowest BCUT2D eigenvalue weighted by Gasteiger charge is -2.28. The molecule has 2 fully saturated rings. The van der Waals surface area contributed by atoms with E-state index in [2.05, 4.69) is 12.2 Å². The van der Waals surface area contributed by atoms with Crippen molar-refractivity contribution in [1.82, 2.24) is 5.32 Å². The predicted molar refractivity (Wildman–Crippen MR) is 67.5 cm³/mol. The van der Waals surface area contributed by atoms with Gasteiger partial charge in [0.2, 0.25) is 5.91 Å². The molecule has 0 aromatic heterocycles. The molecule has 0 aromatic rings. The second-order valence-corrected chi connectivity index (χ2v) is 5.23. The first-order valence-electron chi connectivity index (χ1n) is 6.20. The monoisotopic (exact) mass is 246 g/mol. The molecule has 2 aliphatic carbocycles. The van der Waals surface area contributed by atoms with E-state index in [4.69, 9.17) is 5.73 Å². The number of nitrogens with one attached hydrogen (secondary N) is 1. The van der Waals surface area contributed by atoms with Crippen LogP contribution in [0.3, 0.4) is 0 Å². The predicted octanol–water partition coefficient (Wildman–Crippen LogP) is 1.70. The van der Waals surface area contributed by atoms with Crippen molar-refractivity contribution >= 4 is 18.3 Å². The SMILES string of the molecule is CC(NC(=O)CCN)C1CC2CCC1C2.Cl. The number of nitrogens with two attached hydrogens (primary N) is 1. The molecule has 2 aliphatic rings. The fourth-order valence-electron chi connectivity index (χ4n) is 3.47. The van der Waals surface area contributed by atoms with Crippen molar-refractivity contribution in [3.63, 3.8) is 0 Å². The molecule has 0 aliphatic heterocycles. The zero-order valence-electron chi connectivity index (χ0n) is 9.95. The van der Waals surface area contributed by atoms with Crippen molar-refractivity contribution in [3.05, 3.63) is 0 Å². The van der Waals surface area contributed by atoms with Gasteiger partial charge in [0, 0.05) is 19.0 Å². The van der Waals surface area contributed by atoms with Crippen LogP contribution >= 0.6 is 12.4 Å². The van der Waals surface area contributed by atoms with Gasteiger partial charge in [0.25, 0.3) is 0 Å². The summed E-state index contributed by atoms with van der Waals surface area (Å²) in [7, 11) is 0. The van der Waals surface area contributed by atoms with E-state index in [9.17, 15) is 4.79 Å². The molecule has 2 saturated carbocycles. The molecule has 3 nitrogen and oxygen atoms in total. The van der Waals surface area contributed by atoms with E-state index in [1.165, 1.54) is 25.7 Å². The van der Waals surface area contributed by atoms with E-state index in [0.29, 0.717) is 19.0 Å². The van der Waals surface area contributed by atoms with Gasteiger partial charge in [0.05, 0.1) is 0 Å². The van der Waals surface area contributed by atoms with E-state index < -0.39 is 0 Å². The Hall–Kier alpha value is -0.280. The molecule has 0 radical (unpaired) electrons. The van der Waals surface area contributed by atoms with Crippen LogP contribution in [0.5, 0.6) is 0 Å². The van der Waals surface area contributed by atoms with Crippen LogP contribution in [0.1, 0.15) is 39.0 Å². The highest BCUT2D eigenvalue weighted by molar-refractivity contribution is 5.85. The lowest BCUT2D eigenvalue weighted by Crippen LogP contribution is -2.40. The lowest BCUT2D eigenvalue weighted by atomic mass is 9.84. The fourth-order valence-corrected chi connectivity index (χ4v) is 3.47. The van der Waals surface area contributed by atoms with Gasteiger partial charge >= 0.3 is 0 Å². The zero-order chi connectivity index (χ0) is 10.8. The minimum Gasteiger partial charge on any atom is -0.353 e. The Morgan fingerprint density at radius 2 is 2.19 bits per heavy atom. The lowest BCUT2D eigenvalue weighted by molar-refractivity contribution is -0.121. The summed E-state index contributed by atoms with van der Waals surface area (Å²) in [5.74, 6) is 2.68. The summed E-state index contributed by atoms with van der Waals surface area (Å²) in [6.07, 6.45) is 6.00. The minimum atomic E-state index is 0. The van der Waals surface area contributed by atoms with Crippen LogP contribution in [0, 0.1) is 17.8 Å². The quantitative estimate of drug-likeness (QED) is 0.793. The number of hydrogen-bond donors (Lipinski definition) is 2. The second kappa shape index (κ2) is 5.87. The van der Waals surface area contributed by atoms with Crippen molar-refractivity contribution < 1.29 is 4.79 Å². The third-order valence-corrected chi connectivity index (χ3v) is 4.20. The van der Waals surface area contributed by atoms with Gasteiger partial charge in [-0.3, -0.25) is 4.79 Å². The van der Waals surface area contributed by atoms with E-state index in [1.807, 2.05) is 0 Å². The van der Waals surface area contributed by atoms with E-state index in [-0.39, 0.29) is 18.3 Å². The van der Waals surface area contributed by atoms with Crippen LogP contribution in [0.15, 0.2) is 0 Å². The Labute approximate surface area is 104 Å². The van der Waals surface area contributed by atoms with Crippen molar-refractivity contribution in [1.29, 1.82) is 0 Å². The molecule has 3 N–H and O–H groups in total. The number of carbonyl (C=O) groups excluding carboxylic acids is 1. The molecule has 0 heterocycles. The van der Waals surface area contributed by atoms with Gasteiger partial charge in [-0.15, -0.1) is 12.4 Å². The summed E-state index contributed by atoms with van der Waals surface area (Å²) in [6, 6.07) is 0.347. The molecule has 4 unspecified atom stereocenters. The van der Waals surface area contributed by atoms with Gasteiger partial charge in [-0.25, -0.2) is 0 Å². The average Bonchev–Trinajstić information content (AvgIpc) is 2.78. The van der Waals surface area contributed by atoms with Crippen molar-refractivity contribution in [2.45, 2.75) is 45.1 Å². The molecule has 0 saturated heterocycles. The van der Waals surface area contributed by atoms with E-state index in [1.54, 1.807) is 0 Å². The van der Waals surface area contributed by atoms with Gasteiger partial charge < -0.3 is 11.1 Å². The Balaban J connectivity index is 0.00000128. The van der Waals surface area contributed by atoms with Crippen LogP contribution in [-0.4, -0.2) is 18.5 Å². The summed E-state index contributed by atoms with van der Waals surface area (Å²) >= 11 is 0. The number of hydrogen-bond acceptors (Lipinski definition) is 2. The van der Waals surface area contributed by atoms with Crippen molar-refractivity contribution in [3.8, 4) is 0 Å². The summed E-state index contributed by atoms with van der Waals surface area (Å²) in [5, 5.41) is 3.09. The number of amides is 1. The number of rotatable bonds is 4. The normalized spacial score (nSPS) is 33.2. The average molecular weight is 247 g/mol. The first-order chi connectivity index (χ1) is 7.20. The summed E-state index contributed by atoms with van der Waals surface area (Å²) in [4.78, 5) is 11.4. The molecule has 0 spiro atoms. The van der Waals surface area contributed by atoms with Crippen LogP contribution in [-0.2, 0) is 4.79 Å². The van der Waals surface area contributed by atoms with Gasteiger partial charge in [-0.2, -0.15) is 0 Å². The van der Waals surface area contributed by atoms with Crippen molar-refractivity contribution in [2.75, 3.05) is 6.54 Å². The highest BCUT2D eigenvalue weighted by Crippen LogP contribution is 2.49. The first kappa shape index (κ1) is 13.8. The molecule has 2 bridgehead atoms. The highest BCUT2D eigenvalue weighted by atomic mass is 35.5. The van der Waals surface area contributed by atoms with Crippen LogP contribution in [0.25, 0.3) is 0 Å². The highest BCUT2D eigenvalue weighted by Gasteiger charge is 2.41. The Morgan fingerprint density at radius 1 is 1.44 bits per heavy atom. The van der Waals surface area contributed by atoms with Gasteiger partial charge in [0.15, 0.2) is 0 Å². The fraction of sp³-hybridized carbons (Fsp3) is 0.917. The molecule has 16 heavy (non-hydrogen) atoms. The third kappa shape index (κ3) is 2.89. The molecule has 0 aromatic carbocycles. The Bertz CT molecular complexity index is 247. The van der Waals surface area contributed by atoms with Crippen LogP contribution in [0.2, 0.25) is 0 Å². The standard InChI is InChI=1S/C12H22N2O.ClH/c1-8(14-12(15)4-5-13)11-7-9-2-3-10(11)6-9;/h8-11H,2-7,13H2,1H3,(H,14,15);1H. The minimum absolute atomic E-state index is 0. The summed E-state index contributed by atoms with van der Waals surface area (Å²) in [5.41, 5.74) is 5.36. The van der Waals surface area contributed by atoms with E-state index in [0.717, 1.165) is 17.8 Å². The Morgan fingerprint density at radius 3 is 2.69 bits per heavy atom. The molecule has 4 atom stereocenters. The Kier molecular flexibility index (Phi) is 5.06. The van der Waals surface area contributed by atoms with Gasteiger partial charge in [0.1, 0.15) is 0 Å². The van der Waals surface area contributed by atoms with Crippen LogP contribution in [0.4, 0.5) is 0 Å². The molecule has 4 heteroatoms. The maximum absolute atomic E-state index is 11.4. The topological polar surface area (TPSA) is 55.1 Å². The van der Waals surface area contributed by atoms with Crippen molar-refractivity contribution in [2.24, 2.45) is 23.5 Å². The molecule has 2 rings (SSSR count). The summed E-state index contributed by atoms with van der Waals surface area (Å²) < 4.78 is 0. The third-order valence-electron chi connectivity index (χ3n) is 4.20. The van der Waals surface area contributed by atoms with Gasteiger partial charge in [-0.1, -0.05) is 6.42 Å². The number of halogens is 1. The molecular weight excluding hydrogens is 224 g/mol. The van der Waals surface area contributed by atoms with Gasteiger partial charge in [-0.05, 0) is 43.9 Å². The number of carbonyl (C=O) groups is 1. The zero-order valence-corrected chi connectivity index (χ0v) is 10.8. The molecule has 1 amide bonds. The summed E-state index contributed by atoms with van der Waals surface area (Å²) in [6.45, 7) is 2.61. The first-order valence-corrected chi connectivity index (χ1v) is 6.20. The molecule has 94 valence electrons. The second-order valence-electron chi connectivity index (χ2n) is 5.23. The van der Waals surface area contributed by atoms with E-state index >= 15 is 0 Å². The molecular formula is C12H23ClN2O. The maximum atomic E-state index is 11.4. The van der Waals surface area contributed by atoms with Crippen LogP contribution < -0.4 is 11.1 Å². The maximum Gasteiger partial charge on any atom is 0.221 e. The largest absolute Gasteiger partial charge is 0.353 e. The smallest absolute Gasteiger partial charge is 0.221 e. The number of fused-ring (bicyclic) bond motifs is 2.